The molecular weight excluding hydrogens is 284 g/mol. The summed E-state index contributed by atoms with van der Waals surface area (Å²) < 4.78 is 27.3. The molecule has 0 amide bonds. The normalized spacial score (nSPS) is 19.9. The van der Waals surface area contributed by atoms with Gasteiger partial charge in [0.05, 0.1) is 11.4 Å². The van der Waals surface area contributed by atoms with Crippen molar-refractivity contribution < 1.29 is 8.42 Å². The minimum atomic E-state index is -3.48. The van der Waals surface area contributed by atoms with Crippen LogP contribution in [0.5, 0.6) is 0 Å². The molecule has 114 valence electrons. The van der Waals surface area contributed by atoms with Gasteiger partial charge in [-0.25, -0.2) is 8.42 Å². The van der Waals surface area contributed by atoms with Gasteiger partial charge in [0.25, 0.3) is 0 Å². The van der Waals surface area contributed by atoms with Crippen LogP contribution in [0.3, 0.4) is 0 Å². The Morgan fingerprint density at radius 2 is 2.19 bits per heavy atom. The molecule has 2 N–H and O–H groups in total. The molecule has 1 atom stereocenters. The van der Waals surface area contributed by atoms with Gasteiger partial charge in [0.1, 0.15) is 0 Å². The number of hydrogen-bond donors (Lipinski definition) is 1. The molecule has 1 heterocycles. The topological polar surface area (TPSA) is 63.4 Å². The van der Waals surface area contributed by atoms with E-state index in [-0.39, 0.29) is 6.54 Å². The van der Waals surface area contributed by atoms with Gasteiger partial charge in [0.15, 0.2) is 0 Å². The Balaban J connectivity index is 2.44. The molecular formula is C16H22N2O2S. The van der Waals surface area contributed by atoms with Crippen LogP contribution in [0, 0.1) is 24.7 Å². The summed E-state index contributed by atoms with van der Waals surface area (Å²) >= 11 is 0. The minimum Gasteiger partial charge on any atom is -0.320 e. The third-order valence-corrected chi connectivity index (χ3v) is 5.62. The zero-order valence-corrected chi connectivity index (χ0v) is 13.4. The molecule has 4 nitrogen and oxygen atoms in total. The highest BCUT2D eigenvalue weighted by atomic mass is 32.2. The fraction of sp³-hybridized carbons (Fsp3) is 0.500. The SMILES string of the molecule is Cc1ccc(S(=O)(=O)N2CCCC(C)C2)c(C#CCN)c1. The number of piperidine rings is 1. The van der Waals surface area contributed by atoms with Crippen molar-refractivity contribution in [2.24, 2.45) is 11.7 Å². The van der Waals surface area contributed by atoms with Crippen molar-refractivity contribution in [2.45, 2.75) is 31.6 Å². The summed E-state index contributed by atoms with van der Waals surface area (Å²) in [5.41, 5.74) is 6.93. The quantitative estimate of drug-likeness (QED) is 0.846. The average molecular weight is 306 g/mol. The van der Waals surface area contributed by atoms with E-state index in [0.717, 1.165) is 18.4 Å². The van der Waals surface area contributed by atoms with Gasteiger partial charge in [-0.05, 0) is 43.4 Å². The molecule has 1 fully saturated rings. The Kier molecular flexibility index (Phi) is 5.04. The molecule has 0 spiro atoms. The molecule has 0 saturated carbocycles. The molecule has 0 aromatic heterocycles. The van der Waals surface area contributed by atoms with E-state index < -0.39 is 10.0 Å². The number of sulfonamides is 1. The first kappa shape index (κ1) is 16.0. The predicted octanol–water partition coefficient (Wildman–Crippen LogP) is 1.73. The highest BCUT2D eigenvalue weighted by Crippen LogP contribution is 2.25. The third-order valence-electron chi connectivity index (χ3n) is 3.70. The predicted molar refractivity (Wildman–Crippen MR) is 84.3 cm³/mol. The maximum Gasteiger partial charge on any atom is 0.244 e. The van der Waals surface area contributed by atoms with Crippen molar-refractivity contribution in [2.75, 3.05) is 19.6 Å². The maximum absolute atomic E-state index is 12.9. The molecule has 0 bridgehead atoms. The van der Waals surface area contributed by atoms with Crippen molar-refractivity contribution in [1.29, 1.82) is 0 Å². The van der Waals surface area contributed by atoms with Crippen molar-refractivity contribution in [3.05, 3.63) is 29.3 Å². The zero-order valence-electron chi connectivity index (χ0n) is 12.6. The number of hydrogen-bond acceptors (Lipinski definition) is 3. The lowest BCUT2D eigenvalue weighted by atomic mass is 10.0. The Morgan fingerprint density at radius 1 is 1.43 bits per heavy atom. The van der Waals surface area contributed by atoms with Gasteiger partial charge in [-0.2, -0.15) is 4.31 Å². The molecule has 5 heteroatoms. The summed E-state index contributed by atoms with van der Waals surface area (Å²) in [6, 6.07) is 5.28. The molecule has 21 heavy (non-hydrogen) atoms. The van der Waals surface area contributed by atoms with E-state index >= 15 is 0 Å². The summed E-state index contributed by atoms with van der Waals surface area (Å²) in [5, 5.41) is 0. The maximum atomic E-state index is 12.9. The number of rotatable bonds is 2. The van der Waals surface area contributed by atoms with Crippen LogP contribution >= 0.6 is 0 Å². The van der Waals surface area contributed by atoms with E-state index in [9.17, 15) is 8.42 Å². The van der Waals surface area contributed by atoms with E-state index in [2.05, 4.69) is 18.8 Å². The lowest BCUT2D eigenvalue weighted by Gasteiger charge is -2.30. The van der Waals surface area contributed by atoms with Crippen LogP contribution in [-0.2, 0) is 10.0 Å². The second-order valence-electron chi connectivity index (χ2n) is 5.62. The molecule has 0 aliphatic carbocycles. The molecule has 1 saturated heterocycles. The van der Waals surface area contributed by atoms with Gasteiger partial charge in [0.2, 0.25) is 10.0 Å². The van der Waals surface area contributed by atoms with Crippen molar-refractivity contribution in [1.82, 2.24) is 4.31 Å². The summed E-state index contributed by atoms with van der Waals surface area (Å²) in [6.45, 7) is 5.40. The highest BCUT2D eigenvalue weighted by molar-refractivity contribution is 7.89. The van der Waals surface area contributed by atoms with Crippen LogP contribution < -0.4 is 5.73 Å². The molecule has 1 aromatic carbocycles. The van der Waals surface area contributed by atoms with E-state index in [4.69, 9.17) is 5.73 Å². The first-order chi connectivity index (χ1) is 9.95. The Morgan fingerprint density at radius 3 is 2.86 bits per heavy atom. The van der Waals surface area contributed by atoms with Crippen molar-refractivity contribution in [3.8, 4) is 11.8 Å². The minimum absolute atomic E-state index is 0.216. The van der Waals surface area contributed by atoms with Crippen LogP contribution in [-0.4, -0.2) is 32.4 Å². The highest BCUT2D eigenvalue weighted by Gasteiger charge is 2.30. The molecule has 1 unspecified atom stereocenters. The lowest BCUT2D eigenvalue weighted by Crippen LogP contribution is -2.39. The summed E-state index contributed by atoms with van der Waals surface area (Å²) in [5.74, 6) is 6.04. The van der Waals surface area contributed by atoms with Gasteiger partial charge >= 0.3 is 0 Å². The molecule has 2 rings (SSSR count). The molecule has 0 radical (unpaired) electrons. The first-order valence-electron chi connectivity index (χ1n) is 7.25. The number of benzene rings is 1. The Bertz CT molecular complexity index is 671. The van der Waals surface area contributed by atoms with Gasteiger partial charge in [-0.3, -0.25) is 0 Å². The van der Waals surface area contributed by atoms with Crippen LogP contribution in [0.25, 0.3) is 0 Å². The fourth-order valence-electron chi connectivity index (χ4n) is 2.62. The first-order valence-corrected chi connectivity index (χ1v) is 8.69. The standard InChI is InChI=1S/C16H22N2O2S/c1-13-7-8-16(15(11-13)6-3-9-17)21(19,20)18-10-4-5-14(2)12-18/h7-8,11,14H,4-5,9-10,12,17H2,1-2H3. The molecule has 1 aromatic rings. The van der Waals surface area contributed by atoms with Gasteiger partial charge in [-0.1, -0.05) is 24.8 Å². The second-order valence-corrected chi connectivity index (χ2v) is 7.52. The van der Waals surface area contributed by atoms with Crippen LogP contribution in [0.15, 0.2) is 23.1 Å². The molecule has 1 aliphatic rings. The van der Waals surface area contributed by atoms with E-state index in [1.165, 1.54) is 0 Å². The smallest absolute Gasteiger partial charge is 0.244 e. The van der Waals surface area contributed by atoms with Gasteiger partial charge in [-0.15, -0.1) is 0 Å². The molecule has 1 aliphatic heterocycles. The second kappa shape index (κ2) is 6.61. The average Bonchev–Trinajstić information content (AvgIpc) is 2.45. The summed E-state index contributed by atoms with van der Waals surface area (Å²) in [4.78, 5) is 0.295. The van der Waals surface area contributed by atoms with Gasteiger partial charge in [0, 0.05) is 18.7 Å². The Labute approximate surface area is 127 Å². The van der Waals surface area contributed by atoms with Gasteiger partial charge < -0.3 is 5.73 Å². The zero-order chi connectivity index (χ0) is 15.5. The number of nitrogens with zero attached hydrogens (tertiary/aromatic N) is 1. The van der Waals surface area contributed by atoms with Crippen LogP contribution in [0.2, 0.25) is 0 Å². The lowest BCUT2D eigenvalue weighted by molar-refractivity contribution is 0.281. The summed E-state index contributed by atoms with van der Waals surface area (Å²) in [6.07, 6.45) is 2.00. The van der Waals surface area contributed by atoms with Crippen LogP contribution in [0.1, 0.15) is 30.9 Å². The van der Waals surface area contributed by atoms with E-state index in [1.54, 1.807) is 10.4 Å². The van der Waals surface area contributed by atoms with Crippen LogP contribution in [0.4, 0.5) is 0 Å². The van der Waals surface area contributed by atoms with Crippen molar-refractivity contribution >= 4 is 10.0 Å². The van der Waals surface area contributed by atoms with E-state index in [1.807, 2.05) is 19.1 Å². The number of aryl methyl sites for hydroxylation is 1. The summed E-state index contributed by atoms with van der Waals surface area (Å²) in [7, 11) is -3.48. The van der Waals surface area contributed by atoms with Crippen molar-refractivity contribution in [3.63, 3.8) is 0 Å². The number of nitrogens with two attached hydrogens (primary N) is 1. The Hall–Kier alpha value is -1.35. The third kappa shape index (κ3) is 3.65. The largest absolute Gasteiger partial charge is 0.320 e. The fourth-order valence-corrected chi connectivity index (χ4v) is 4.34. The monoisotopic (exact) mass is 306 g/mol. The van der Waals surface area contributed by atoms with E-state index in [0.29, 0.717) is 29.5 Å².